The number of hydrogen-bond acceptors (Lipinski definition) is 12. The minimum Gasteiger partial charge on any atom is -0.378 e. The SMILES string of the molecule is CCCCCCCCCCCCc1ccc(C)c(-c2ccc(-c3ccc(-c4cc(C)c(-c5ccc(-c6ccccc6OS(=O)(=O)c6cc(C(C)(C)C)cc(C(C)(C)C)c6)c(OS(=O)(=O)c6cc(C(C)(C)C)cc(C(C)(C)C)c6)c5)cc4CCCCCCCCCCCC)cc3OS(=O)(=O)c3cc(C(C)(C)C)cc(C(C)(C)C)c3)c(OS(=O)(=O)c3cc(C(C)(C)C)cc(C(C)(C)C)c3)c2)c1. The fourth-order valence-corrected chi connectivity index (χ4v) is 21.2. The zero-order valence-electron chi connectivity index (χ0n) is 86.4. The van der Waals surface area contributed by atoms with Crippen LogP contribution in [0.1, 0.15) is 375 Å². The van der Waals surface area contributed by atoms with Crippen LogP contribution < -0.4 is 16.7 Å². The summed E-state index contributed by atoms with van der Waals surface area (Å²) in [5, 5.41) is 0. The second-order valence-corrected chi connectivity index (χ2v) is 52.3. The van der Waals surface area contributed by atoms with E-state index in [4.69, 9.17) is 16.7 Å². The third kappa shape index (κ3) is 28.5. The molecule has 12 nitrogen and oxygen atoms in total. The molecule has 0 radical (unpaired) electrons. The highest BCUT2D eigenvalue weighted by Gasteiger charge is 2.35. The maximum absolute atomic E-state index is 16.1. The average Bonchev–Trinajstić information content (AvgIpc) is 0.758. The van der Waals surface area contributed by atoms with Crippen molar-refractivity contribution in [2.24, 2.45) is 0 Å². The lowest BCUT2D eigenvalue weighted by molar-refractivity contribution is 0.480. The van der Waals surface area contributed by atoms with E-state index >= 15 is 33.7 Å². The summed E-state index contributed by atoms with van der Waals surface area (Å²) in [7, 11) is -18.8. The van der Waals surface area contributed by atoms with E-state index in [1.807, 2.05) is 126 Å². The molecule has 0 spiro atoms. The van der Waals surface area contributed by atoms with Crippen molar-refractivity contribution in [1.29, 1.82) is 0 Å². The summed E-state index contributed by atoms with van der Waals surface area (Å²) in [6.45, 7) is 57.7. The Hall–Kier alpha value is -8.80. The van der Waals surface area contributed by atoms with Crippen molar-refractivity contribution >= 4 is 40.5 Å². The first kappa shape index (κ1) is 107. The van der Waals surface area contributed by atoms with Gasteiger partial charge >= 0.3 is 40.5 Å². The lowest BCUT2D eigenvalue weighted by atomic mass is 9.81. The number of unbranched alkanes of at least 4 members (excludes halogenated alkanes) is 18. The predicted molar refractivity (Wildman–Crippen MR) is 561 cm³/mol. The first-order valence-corrected chi connectivity index (χ1v) is 55.0. The number of hydrogen-bond donors (Lipinski definition) is 0. The zero-order valence-corrected chi connectivity index (χ0v) is 89.7. The van der Waals surface area contributed by atoms with Gasteiger partial charge in [0, 0.05) is 22.3 Å². The van der Waals surface area contributed by atoms with Gasteiger partial charge in [-0.05, 0) is 274 Å². The van der Waals surface area contributed by atoms with E-state index < -0.39 is 83.8 Å². The molecule has 0 atom stereocenters. The van der Waals surface area contributed by atoms with Crippen molar-refractivity contribution in [3.8, 4) is 78.6 Å². The Morgan fingerprint density at radius 1 is 0.216 bits per heavy atom. The summed E-state index contributed by atoms with van der Waals surface area (Å²) < 4.78 is 152. The smallest absolute Gasteiger partial charge is 0.339 e. The number of para-hydroxylation sites is 1. The van der Waals surface area contributed by atoms with Crippen LogP contribution in [0.4, 0.5) is 0 Å². The standard InChI is InChI=1S/C118H158O12S4/c1-29-31-33-35-37-39-41-43-45-47-51-83-56-55-81(3)104(64-83)85-57-61-102(109(66-85)129-133(123,124)98-77-92(115(17,18)19)71-93(78-98)116(20,21)22)103-62-59-87(68-110(103)130-134(125,126)99-79-94(117(23,24)25)72-95(80-99)118(26,27)28)106-63-82(4)105(65-84(106)52-48-46-44-42-40-38-36-34-32-30-2)86-58-60-101(108(67-86)128-132(121,122)97-75-90(113(11,12)13)70-91(76-97)114(14,15)16)100-53-49-50-54-107(100)127-131(119,120)96-73-88(111(5,6)7)69-89(74-96)112(8,9)10/h49-50,53-80H,29-48,51-52H2,1-28H3. The van der Waals surface area contributed by atoms with Crippen molar-refractivity contribution in [2.45, 2.75) is 398 Å². The van der Waals surface area contributed by atoms with E-state index in [-0.39, 0.29) is 64.8 Å². The van der Waals surface area contributed by atoms with Crippen LogP contribution in [-0.2, 0) is 96.6 Å². The Labute approximate surface area is 810 Å². The highest BCUT2D eigenvalue weighted by molar-refractivity contribution is 7.88. The molecule has 0 N–H and O–H groups in total. The molecule has 0 amide bonds. The number of benzene rings is 10. The molecule has 0 aliphatic heterocycles. The van der Waals surface area contributed by atoms with Gasteiger partial charge in [-0.25, -0.2) is 0 Å². The molecular formula is C118H158O12S4. The summed E-state index contributed by atoms with van der Waals surface area (Å²) in [6, 6.07) is 55.6. The van der Waals surface area contributed by atoms with Gasteiger partial charge in [-0.15, -0.1) is 0 Å². The fourth-order valence-electron chi connectivity index (χ4n) is 17.1. The molecule has 0 aromatic heterocycles. The summed E-state index contributed by atoms with van der Waals surface area (Å²) in [5.74, 6) is -0.239. The summed E-state index contributed by atoms with van der Waals surface area (Å²) in [6.07, 6.45) is 24.7. The van der Waals surface area contributed by atoms with Gasteiger partial charge in [0.1, 0.15) is 19.6 Å². The lowest BCUT2D eigenvalue weighted by Crippen LogP contribution is -2.19. The predicted octanol–water partition coefficient (Wildman–Crippen LogP) is 33.0. The summed E-state index contributed by atoms with van der Waals surface area (Å²) in [4.78, 5) is -0.130. The molecule has 0 unspecified atom stereocenters. The highest BCUT2D eigenvalue weighted by atomic mass is 32.2. The quantitative estimate of drug-likeness (QED) is 0.0264. The molecule has 16 heteroatoms. The molecular weight excluding hydrogens is 1740 g/mol. The van der Waals surface area contributed by atoms with Crippen LogP contribution in [0, 0.1) is 13.8 Å². The van der Waals surface area contributed by atoms with E-state index in [1.165, 1.54) is 89.0 Å². The van der Waals surface area contributed by atoms with Crippen molar-refractivity contribution in [1.82, 2.24) is 0 Å². The van der Waals surface area contributed by atoms with E-state index in [2.05, 4.69) is 152 Å². The van der Waals surface area contributed by atoms with E-state index in [0.29, 0.717) is 23.1 Å². The first-order valence-electron chi connectivity index (χ1n) is 49.4. The zero-order chi connectivity index (χ0) is 98.9. The van der Waals surface area contributed by atoms with Crippen molar-refractivity contribution < 1.29 is 50.4 Å². The molecule has 0 aliphatic carbocycles. The monoisotopic (exact) mass is 1900 g/mol. The molecule has 726 valence electrons. The molecule has 10 rings (SSSR count). The van der Waals surface area contributed by atoms with Crippen LogP contribution in [0.3, 0.4) is 0 Å². The first-order chi connectivity index (χ1) is 62.2. The molecule has 0 saturated carbocycles. The largest absolute Gasteiger partial charge is 0.378 e. The number of rotatable bonds is 39. The van der Waals surface area contributed by atoms with Crippen molar-refractivity contribution in [2.75, 3.05) is 0 Å². The molecule has 0 bridgehead atoms. The van der Waals surface area contributed by atoms with Gasteiger partial charge in [-0.2, -0.15) is 33.7 Å². The van der Waals surface area contributed by atoms with Crippen LogP contribution in [0.15, 0.2) is 202 Å². The van der Waals surface area contributed by atoms with E-state index in [9.17, 15) is 0 Å². The van der Waals surface area contributed by atoms with Gasteiger partial charge in [-0.1, -0.05) is 387 Å². The van der Waals surface area contributed by atoms with Crippen LogP contribution >= 0.6 is 0 Å². The van der Waals surface area contributed by atoms with Crippen LogP contribution in [0.25, 0.3) is 55.6 Å². The Bertz CT molecular complexity index is 6140. The molecule has 10 aromatic rings. The number of aryl methyl sites for hydroxylation is 4. The van der Waals surface area contributed by atoms with Crippen molar-refractivity contribution in [3.05, 3.63) is 249 Å². The Morgan fingerprint density at radius 3 is 0.769 bits per heavy atom. The molecule has 0 aliphatic rings. The van der Waals surface area contributed by atoms with E-state index in [1.54, 1.807) is 97.1 Å². The Kier molecular flexibility index (Phi) is 34.5. The van der Waals surface area contributed by atoms with E-state index in [0.717, 1.165) is 129 Å². The van der Waals surface area contributed by atoms with Crippen LogP contribution in [0.2, 0.25) is 0 Å². The third-order valence-corrected chi connectivity index (χ3v) is 31.1. The van der Waals surface area contributed by atoms with Crippen molar-refractivity contribution in [3.63, 3.8) is 0 Å². The van der Waals surface area contributed by atoms with Crippen LogP contribution in [-0.4, -0.2) is 33.7 Å². The van der Waals surface area contributed by atoms with Gasteiger partial charge in [0.25, 0.3) is 0 Å². The fraction of sp³-hybridized carbons (Fsp3) is 0.492. The molecule has 0 heterocycles. The Balaban J connectivity index is 1.21. The van der Waals surface area contributed by atoms with Gasteiger partial charge in [-0.3, -0.25) is 0 Å². The molecule has 0 saturated heterocycles. The second-order valence-electron chi connectivity index (χ2n) is 46.1. The van der Waals surface area contributed by atoms with Crippen LogP contribution in [0.5, 0.6) is 23.0 Å². The van der Waals surface area contributed by atoms with Gasteiger partial charge in [0.05, 0.1) is 0 Å². The summed E-state index contributed by atoms with van der Waals surface area (Å²) >= 11 is 0. The molecule has 134 heavy (non-hydrogen) atoms. The third-order valence-electron chi connectivity index (χ3n) is 26.2. The summed E-state index contributed by atoms with van der Waals surface area (Å²) in [5.41, 5.74) is 11.9. The van der Waals surface area contributed by atoms with Gasteiger partial charge < -0.3 is 16.7 Å². The second kappa shape index (κ2) is 43.1. The molecule has 10 aromatic carbocycles. The normalized spacial score (nSPS) is 13.1. The maximum Gasteiger partial charge on any atom is 0.339 e. The average molecular weight is 1900 g/mol. The Morgan fingerprint density at radius 2 is 0.470 bits per heavy atom. The van der Waals surface area contributed by atoms with Gasteiger partial charge in [0.2, 0.25) is 0 Å². The molecule has 0 fully saturated rings. The minimum absolute atomic E-state index is 0.0182. The van der Waals surface area contributed by atoms with Gasteiger partial charge in [0.15, 0.2) is 23.0 Å². The topological polar surface area (TPSA) is 173 Å². The maximum atomic E-state index is 16.1. The minimum atomic E-state index is -4.78. The lowest BCUT2D eigenvalue weighted by Gasteiger charge is -2.26. The highest BCUT2D eigenvalue weighted by Crippen LogP contribution is 2.49.